The maximum atomic E-state index is 13.7. The lowest BCUT2D eigenvalue weighted by molar-refractivity contribution is 0.0934. The van der Waals surface area contributed by atoms with Gasteiger partial charge in [-0.2, -0.15) is 5.10 Å². The van der Waals surface area contributed by atoms with E-state index < -0.39 is 35.1 Å². The van der Waals surface area contributed by atoms with Gasteiger partial charge in [-0.1, -0.05) is 6.07 Å². The molecular formula is C18H17F2N5O2S. The van der Waals surface area contributed by atoms with E-state index in [2.05, 4.69) is 20.7 Å². The summed E-state index contributed by atoms with van der Waals surface area (Å²) in [4.78, 5) is 28.7. The zero-order valence-corrected chi connectivity index (χ0v) is 15.9. The SMILES string of the molecule is CCn1cc(NC(=O)c2csc([C@H](C)NC(=O)c3cccc(F)c3F)n2)cn1. The fourth-order valence-electron chi connectivity index (χ4n) is 2.40. The molecule has 2 aromatic heterocycles. The van der Waals surface area contributed by atoms with Gasteiger partial charge in [-0.15, -0.1) is 11.3 Å². The third-order valence-corrected chi connectivity index (χ3v) is 4.91. The van der Waals surface area contributed by atoms with Gasteiger partial charge in [0.25, 0.3) is 11.8 Å². The molecule has 0 radical (unpaired) electrons. The number of hydrogen-bond acceptors (Lipinski definition) is 5. The fourth-order valence-corrected chi connectivity index (χ4v) is 3.21. The number of rotatable bonds is 6. The second-order valence-electron chi connectivity index (χ2n) is 5.91. The number of hydrogen-bond donors (Lipinski definition) is 2. The molecule has 1 aromatic carbocycles. The van der Waals surface area contributed by atoms with Gasteiger partial charge in [-0.05, 0) is 26.0 Å². The van der Waals surface area contributed by atoms with Crippen LogP contribution in [0.15, 0.2) is 36.0 Å². The minimum absolute atomic E-state index is 0.183. The topological polar surface area (TPSA) is 88.9 Å². The summed E-state index contributed by atoms with van der Waals surface area (Å²) in [6, 6.07) is 2.79. The number of halogens is 2. The highest BCUT2D eigenvalue weighted by Crippen LogP contribution is 2.20. The van der Waals surface area contributed by atoms with Crippen LogP contribution in [0.25, 0.3) is 0 Å². The van der Waals surface area contributed by atoms with Crippen LogP contribution in [-0.2, 0) is 6.54 Å². The van der Waals surface area contributed by atoms with Crippen molar-refractivity contribution in [2.45, 2.75) is 26.4 Å². The molecule has 1 atom stereocenters. The van der Waals surface area contributed by atoms with Crippen molar-refractivity contribution in [3.63, 3.8) is 0 Å². The molecule has 146 valence electrons. The van der Waals surface area contributed by atoms with Crippen LogP contribution < -0.4 is 10.6 Å². The Labute approximate surface area is 163 Å². The van der Waals surface area contributed by atoms with Crippen LogP contribution in [0.5, 0.6) is 0 Å². The summed E-state index contributed by atoms with van der Waals surface area (Å²) in [7, 11) is 0. The molecule has 0 unspecified atom stereocenters. The highest BCUT2D eigenvalue weighted by molar-refractivity contribution is 7.09. The summed E-state index contributed by atoms with van der Waals surface area (Å²) < 4.78 is 28.7. The van der Waals surface area contributed by atoms with E-state index in [-0.39, 0.29) is 5.69 Å². The molecular weight excluding hydrogens is 388 g/mol. The number of aromatic nitrogens is 3. The molecule has 2 N–H and O–H groups in total. The molecule has 0 saturated heterocycles. The first-order valence-corrected chi connectivity index (χ1v) is 9.31. The molecule has 0 aliphatic carbocycles. The summed E-state index contributed by atoms with van der Waals surface area (Å²) in [6.07, 6.45) is 3.23. The Bertz CT molecular complexity index is 1020. The van der Waals surface area contributed by atoms with E-state index in [1.165, 1.54) is 29.7 Å². The number of nitrogens with zero attached hydrogens (tertiary/aromatic N) is 3. The highest BCUT2D eigenvalue weighted by Gasteiger charge is 2.20. The number of carbonyl (C=O) groups is 2. The van der Waals surface area contributed by atoms with E-state index in [1.807, 2.05) is 6.92 Å². The third-order valence-electron chi connectivity index (χ3n) is 3.88. The molecule has 0 saturated carbocycles. The van der Waals surface area contributed by atoms with Crippen LogP contribution in [0.3, 0.4) is 0 Å². The van der Waals surface area contributed by atoms with Gasteiger partial charge in [0.1, 0.15) is 10.7 Å². The summed E-state index contributed by atoms with van der Waals surface area (Å²) in [5, 5.41) is 11.3. The Balaban J connectivity index is 1.66. The molecule has 3 aromatic rings. The molecule has 0 aliphatic rings. The minimum Gasteiger partial charge on any atom is -0.343 e. The van der Waals surface area contributed by atoms with Gasteiger partial charge in [-0.25, -0.2) is 13.8 Å². The van der Waals surface area contributed by atoms with Crippen LogP contribution in [0.2, 0.25) is 0 Å². The minimum atomic E-state index is -1.21. The summed E-state index contributed by atoms with van der Waals surface area (Å²) in [5.41, 5.74) is 0.334. The van der Waals surface area contributed by atoms with Crippen molar-refractivity contribution >= 4 is 28.8 Å². The Morgan fingerprint density at radius 2 is 2.07 bits per heavy atom. The first-order valence-electron chi connectivity index (χ1n) is 8.43. The number of carbonyl (C=O) groups excluding carboxylic acids is 2. The lowest BCUT2D eigenvalue weighted by Crippen LogP contribution is -2.27. The van der Waals surface area contributed by atoms with E-state index in [1.54, 1.807) is 23.2 Å². The second-order valence-corrected chi connectivity index (χ2v) is 6.80. The van der Waals surface area contributed by atoms with Crippen LogP contribution in [-0.4, -0.2) is 26.6 Å². The summed E-state index contributed by atoms with van der Waals surface area (Å²) in [6.45, 7) is 4.25. The Morgan fingerprint density at radius 1 is 1.29 bits per heavy atom. The van der Waals surface area contributed by atoms with Crippen molar-refractivity contribution in [1.82, 2.24) is 20.1 Å². The van der Waals surface area contributed by atoms with Gasteiger partial charge >= 0.3 is 0 Å². The van der Waals surface area contributed by atoms with Gasteiger partial charge in [0, 0.05) is 18.1 Å². The number of benzene rings is 1. The normalized spacial score (nSPS) is 11.9. The predicted octanol–water partition coefficient (Wildman–Crippen LogP) is 3.38. The van der Waals surface area contributed by atoms with Crippen molar-refractivity contribution in [2.75, 3.05) is 5.32 Å². The van der Waals surface area contributed by atoms with Gasteiger partial charge in [0.15, 0.2) is 11.6 Å². The second kappa shape index (κ2) is 8.26. The van der Waals surface area contributed by atoms with Crippen molar-refractivity contribution < 1.29 is 18.4 Å². The first kappa shape index (κ1) is 19.6. The highest BCUT2D eigenvalue weighted by atomic mass is 32.1. The maximum absolute atomic E-state index is 13.7. The smallest absolute Gasteiger partial charge is 0.275 e. The molecule has 0 bridgehead atoms. The van der Waals surface area contributed by atoms with E-state index in [4.69, 9.17) is 0 Å². The number of anilines is 1. The van der Waals surface area contributed by atoms with E-state index in [0.717, 1.165) is 6.07 Å². The molecule has 2 heterocycles. The molecule has 3 rings (SSSR count). The van der Waals surface area contributed by atoms with Crippen molar-refractivity contribution in [3.8, 4) is 0 Å². The van der Waals surface area contributed by atoms with Gasteiger partial charge in [0.05, 0.1) is 23.5 Å². The Kier molecular flexibility index (Phi) is 5.78. The number of nitrogens with one attached hydrogen (secondary N) is 2. The molecule has 0 spiro atoms. The fraction of sp³-hybridized carbons (Fsp3) is 0.222. The first-order chi connectivity index (χ1) is 13.4. The van der Waals surface area contributed by atoms with Crippen LogP contribution in [0.4, 0.5) is 14.5 Å². The van der Waals surface area contributed by atoms with Crippen LogP contribution in [0, 0.1) is 11.6 Å². The molecule has 0 fully saturated rings. The number of thiazole rings is 1. The summed E-state index contributed by atoms with van der Waals surface area (Å²) >= 11 is 1.18. The molecule has 0 aliphatic heterocycles. The summed E-state index contributed by atoms with van der Waals surface area (Å²) in [5.74, 6) is -3.48. The largest absolute Gasteiger partial charge is 0.343 e. The zero-order chi connectivity index (χ0) is 20.3. The van der Waals surface area contributed by atoms with Crippen LogP contribution in [0.1, 0.15) is 45.7 Å². The van der Waals surface area contributed by atoms with Gasteiger partial charge in [0.2, 0.25) is 0 Å². The maximum Gasteiger partial charge on any atom is 0.275 e. The van der Waals surface area contributed by atoms with Crippen LogP contribution >= 0.6 is 11.3 Å². The monoisotopic (exact) mass is 405 g/mol. The van der Waals surface area contributed by atoms with Crippen molar-refractivity contribution in [2.24, 2.45) is 0 Å². The Hall–Kier alpha value is -3.14. The van der Waals surface area contributed by atoms with E-state index in [0.29, 0.717) is 17.2 Å². The molecule has 7 nitrogen and oxygen atoms in total. The van der Waals surface area contributed by atoms with E-state index in [9.17, 15) is 18.4 Å². The average Bonchev–Trinajstić information content (AvgIpc) is 3.33. The quantitative estimate of drug-likeness (QED) is 0.658. The number of aryl methyl sites for hydroxylation is 1. The molecule has 2 amide bonds. The third kappa shape index (κ3) is 4.22. The molecule has 10 heteroatoms. The Morgan fingerprint density at radius 3 is 2.79 bits per heavy atom. The average molecular weight is 405 g/mol. The number of amides is 2. The lowest BCUT2D eigenvalue weighted by atomic mass is 10.2. The molecule has 28 heavy (non-hydrogen) atoms. The van der Waals surface area contributed by atoms with Gasteiger partial charge in [-0.3, -0.25) is 14.3 Å². The van der Waals surface area contributed by atoms with E-state index >= 15 is 0 Å². The zero-order valence-electron chi connectivity index (χ0n) is 15.1. The van der Waals surface area contributed by atoms with Crippen molar-refractivity contribution in [3.05, 3.63) is 63.9 Å². The standard InChI is InChI=1S/C18H17F2N5O2S/c1-3-25-8-11(7-21-25)23-17(27)14-9-28-18(24-14)10(2)22-16(26)12-5-4-6-13(19)15(12)20/h4-10H,3H2,1-2H3,(H,22,26)(H,23,27)/t10-/m0/s1. The predicted molar refractivity (Wildman–Crippen MR) is 100 cm³/mol. The van der Waals surface area contributed by atoms with Gasteiger partial charge < -0.3 is 10.6 Å². The van der Waals surface area contributed by atoms with Crippen molar-refractivity contribution in [1.29, 1.82) is 0 Å². The lowest BCUT2D eigenvalue weighted by Gasteiger charge is -2.11.